The Morgan fingerprint density at radius 1 is 1.44 bits per heavy atom. The molecule has 0 radical (unpaired) electrons. The summed E-state index contributed by atoms with van der Waals surface area (Å²) in [4.78, 5) is 0. The maximum Gasteiger partial charge on any atom is 0.0902 e. The molecule has 1 aliphatic rings. The van der Waals surface area contributed by atoms with Crippen LogP contribution in [-0.2, 0) is 0 Å². The lowest BCUT2D eigenvalue weighted by molar-refractivity contribution is 0.305. The topological polar surface area (TPSA) is 27.1 Å². The summed E-state index contributed by atoms with van der Waals surface area (Å²) in [6, 6.07) is 0. The van der Waals surface area contributed by atoms with E-state index in [0.29, 0.717) is 8.52 Å². The predicted molar refractivity (Wildman–Crippen MR) is 39.6 cm³/mol. The van der Waals surface area contributed by atoms with Gasteiger partial charge in [-0.3, -0.25) is 5.16 Å². The van der Waals surface area contributed by atoms with Gasteiger partial charge in [0.2, 0.25) is 0 Å². The summed E-state index contributed by atoms with van der Waals surface area (Å²) in [6.07, 6.45) is 2.57. The molecular formula is C6H13N2P. The van der Waals surface area contributed by atoms with E-state index in [0.717, 1.165) is 19.0 Å². The van der Waals surface area contributed by atoms with E-state index in [9.17, 15) is 0 Å². The summed E-state index contributed by atoms with van der Waals surface area (Å²) in [7, 11) is 0.706. The normalized spacial score (nSPS) is 25.0. The fourth-order valence-corrected chi connectivity index (χ4v) is 1.53. The lowest BCUT2D eigenvalue weighted by Crippen LogP contribution is -2.24. The zero-order valence-corrected chi connectivity index (χ0v) is 6.69. The molecule has 1 aliphatic heterocycles. The third-order valence-electron chi connectivity index (χ3n) is 1.90. The van der Waals surface area contributed by atoms with Gasteiger partial charge in [0.1, 0.15) is 0 Å². The summed E-state index contributed by atoms with van der Waals surface area (Å²) in [6.45, 7) is 4.55. The summed E-state index contributed by atoms with van der Waals surface area (Å²) >= 11 is 0. The number of hydrogen-bond acceptors (Lipinski definition) is 1. The molecular weight excluding hydrogens is 131 g/mol. The van der Waals surface area contributed by atoms with Gasteiger partial charge in [-0.1, -0.05) is 6.92 Å². The van der Waals surface area contributed by atoms with Gasteiger partial charge in [-0.2, -0.15) is 0 Å². The van der Waals surface area contributed by atoms with Crippen LogP contribution in [0.25, 0.3) is 0 Å². The second-order valence-corrected chi connectivity index (χ2v) is 3.50. The van der Waals surface area contributed by atoms with E-state index in [4.69, 9.17) is 5.16 Å². The highest BCUT2D eigenvalue weighted by atomic mass is 31.1. The molecule has 1 N–H and O–H groups in total. The molecule has 3 heteroatoms. The third kappa shape index (κ3) is 2.04. The minimum atomic E-state index is 0.706. The zero-order valence-electron chi connectivity index (χ0n) is 5.80. The van der Waals surface area contributed by atoms with Gasteiger partial charge in [0.15, 0.2) is 0 Å². The van der Waals surface area contributed by atoms with Crippen LogP contribution in [0.3, 0.4) is 0 Å². The maximum atomic E-state index is 7.06. The second-order valence-electron chi connectivity index (χ2n) is 2.74. The molecule has 0 atom stereocenters. The molecule has 1 rings (SSSR count). The Morgan fingerprint density at radius 3 is 2.44 bits per heavy atom. The zero-order chi connectivity index (χ0) is 6.69. The minimum absolute atomic E-state index is 0.706. The molecule has 1 saturated heterocycles. The standard InChI is InChI=1S/C6H13N2P/c1-6-2-4-8(9-7)5-3-6/h6-7H,2-5H2,1H3. The largest absolute Gasteiger partial charge is 0.269 e. The molecule has 0 aliphatic carbocycles. The Morgan fingerprint density at radius 2 is 2.00 bits per heavy atom. The number of rotatable bonds is 1. The smallest absolute Gasteiger partial charge is 0.0902 e. The third-order valence-corrected chi connectivity index (χ3v) is 2.58. The monoisotopic (exact) mass is 144 g/mol. The summed E-state index contributed by atoms with van der Waals surface area (Å²) < 4.78 is 2.17. The predicted octanol–water partition coefficient (Wildman–Crippen LogP) is 2.34. The first-order valence-corrected chi connectivity index (χ1v) is 4.30. The van der Waals surface area contributed by atoms with Crippen molar-refractivity contribution in [2.45, 2.75) is 19.8 Å². The maximum absolute atomic E-state index is 7.06. The molecule has 0 bridgehead atoms. The van der Waals surface area contributed by atoms with Gasteiger partial charge in [-0.15, -0.1) is 0 Å². The van der Waals surface area contributed by atoms with Crippen molar-refractivity contribution in [3.8, 4) is 0 Å². The Labute approximate surface area is 58.0 Å². The van der Waals surface area contributed by atoms with Gasteiger partial charge in [-0.05, 0) is 18.8 Å². The van der Waals surface area contributed by atoms with Gasteiger partial charge >= 0.3 is 0 Å². The van der Waals surface area contributed by atoms with Crippen LogP contribution in [0.4, 0.5) is 0 Å². The molecule has 0 aromatic heterocycles. The van der Waals surface area contributed by atoms with Crippen LogP contribution >= 0.6 is 8.52 Å². The second kappa shape index (κ2) is 3.28. The van der Waals surface area contributed by atoms with Crippen LogP contribution in [-0.4, -0.2) is 17.8 Å². The molecule has 0 saturated carbocycles. The van der Waals surface area contributed by atoms with E-state index in [-0.39, 0.29) is 0 Å². The molecule has 0 aromatic carbocycles. The van der Waals surface area contributed by atoms with Crippen molar-refractivity contribution in [3.05, 3.63) is 0 Å². The van der Waals surface area contributed by atoms with Crippen LogP contribution < -0.4 is 0 Å². The van der Waals surface area contributed by atoms with Crippen molar-refractivity contribution in [2.75, 3.05) is 13.1 Å². The van der Waals surface area contributed by atoms with E-state index < -0.39 is 0 Å². The molecule has 2 nitrogen and oxygen atoms in total. The lowest BCUT2D eigenvalue weighted by atomic mass is 10.0. The van der Waals surface area contributed by atoms with Crippen LogP contribution in [0.2, 0.25) is 0 Å². The molecule has 0 aromatic rings. The van der Waals surface area contributed by atoms with Crippen LogP contribution in [0.5, 0.6) is 0 Å². The molecule has 1 fully saturated rings. The van der Waals surface area contributed by atoms with Gasteiger partial charge in [-0.25, -0.2) is 4.67 Å². The number of hydrogen-bond donors (Lipinski definition) is 1. The Hall–Kier alpha value is 0.0600. The molecule has 0 unspecified atom stereocenters. The first kappa shape index (κ1) is 7.17. The quantitative estimate of drug-likeness (QED) is 0.562. The van der Waals surface area contributed by atoms with Gasteiger partial charge in [0, 0.05) is 13.1 Å². The molecule has 52 valence electrons. The van der Waals surface area contributed by atoms with E-state index >= 15 is 0 Å². The Bertz CT molecular complexity index is 97.2. The highest BCUT2D eigenvalue weighted by molar-refractivity contribution is 7.22. The van der Waals surface area contributed by atoms with Gasteiger partial charge < -0.3 is 0 Å². The Kier molecular flexibility index (Phi) is 2.62. The lowest BCUT2D eigenvalue weighted by Gasteiger charge is -2.24. The highest BCUT2D eigenvalue weighted by Gasteiger charge is 2.13. The van der Waals surface area contributed by atoms with Crippen molar-refractivity contribution in [1.29, 1.82) is 5.16 Å². The first-order chi connectivity index (χ1) is 4.33. The SMILES string of the molecule is CC1CCN(P=N)CC1. The minimum Gasteiger partial charge on any atom is -0.269 e. The Balaban J connectivity index is 2.26. The molecule has 0 amide bonds. The van der Waals surface area contributed by atoms with E-state index in [2.05, 4.69) is 11.6 Å². The number of nitrogens with one attached hydrogen (secondary N) is 1. The average molecular weight is 144 g/mol. The summed E-state index contributed by atoms with van der Waals surface area (Å²) in [5.41, 5.74) is 0. The van der Waals surface area contributed by atoms with Crippen molar-refractivity contribution in [1.82, 2.24) is 4.67 Å². The van der Waals surface area contributed by atoms with Crippen molar-refractivity contribution in [2.24, 2.45) is 5.92 Å². The van der Waals surface area contributed by atoms with Crippen LogP contribution in [0.15, 0.2) is 0 Å². The molecule has 0 spiro atoms. The van der Waals surface area contributed by atoms with Crippen molar-refractivity contribution >= 4 is 8.52 Å². The molecule has 9 heavy (non-hydrogen) atoms. The van der Waals surface area contributed by atoms with Gasteiger partial charge in [0.25, 0.3) is 0 Å². The van der Waals surface area contributed by atoms with E-state index in [1.54, 1.807) is 0 Å². The summed E-state index contributed by atoms with van der Waals surface area (Å²) in [5.74, 6) is 0.892. The van der Waals surface area contributed by atoms with Crippen molar-refractivity contribution in [3.63, 3.8) is 0 Å². The average Bonchev–Trinajstić information content (AvgIpc) is 1.90. The summed E-state index contributed by atoms with van der Waals surface area (Å²) in [5, 5.41) is 7.06. The van der Waals surface area contributed by atoms with Crippen LogP contribution in [0.1, 0.15) is 19.8 Å². The number of piperidine rings is 1. The fourth-order valence-electron chi connectivity index (χ4n) is 1.09. The molecule has 1 heterocycles. The van der Waals surface area contributed by atoms with E-state index in [1.165, 1.54) is 12.8 Å². The first-order valence-electron chi connectivity index (χ1n) is 3.45. The van der Waals surface area contributed by atoms with E-state index in [1.807, 2.05) is 0 Å². The number of nitrogens with zero attached hydrogens (tertiary/aromatic N) is 1. The van der Waals surface area contributed by atoms with Crippen LogP contribution in [0, 0.1) is 11.1 Å². The van der Waals surface area contributed by atoms with Crippen molar-refractivity contribution < 1.29 is 0 Å². The highest BCUT2D eigenvalue weighted by Crippen LogP contribution is 2.20. The van der Waals surface area contributed by atoms with Gasteiger partial charge in [0.05, 0.1) is 8.52 Å². The fraction of sp³-hybridized carbons (Fsp3) is 1.00.